The van der Waals surface area contributed by atoms with E-state index in [1.54, 1.807) is 11.3 Å². The van der Waals surface area contributed by atoms with Crippen LogP contribution in [0.5, 0.6) is 0 Å². The summed E-state index contributed by atoms with van der Waals surface area (Å²) in [4.78, 5) is 22.9. The van der Waals surface area contributed by atoms with Crippen molar-refractivity contribution in [3.05, 3.63) is 68.4 Å². The van der Waals surface area contributed by atoms with Gasteiger partial charge in [-0.1, -0.05) is 0 Å². The largest absolute Gasteiger partial charge is 0.309 e. The van der Waals surface area contributed by atoms with Crippen molar-refractivity contribution in [3.63, 3.8) is 0 Å². The number of hydrogen-bond donors (Lipinski definition) is 1. The third kappa shape index (κ3) is 3.32. The zero-order valence-corrected chi connectivity index (χ0v) is 16.0. The summed E-state index contributed by atoms with van der Waals surface area (Å²) >= 11 is 4.13. The lowest BCUT2D eigenvalue weighted by Crippen LogP contribution is -2.10. The van der Waals surface area contributed by atoms with Crippen molar-refractivity contribution in [3.8, 4) is 10.4 Å². The second kappa shape index (κ2) is 6.94. The topological polar surface area (TPSA) is 45.8 Å². The number of hydrogen-bond acceptors (Lipinski definition) is 5. The van der Waals surface area contributed by atoms with Crippen molar-refractivity contribution in [1.82, 2.24) is 9.97 Å². The van der Waals surface area contributed by atoms with Crippen molar-refractivity contribution < 1.29 is 8.78 Å². The van der Waals surface area contributed by atoms with Crippen LogP contribution in [0.15, 0.2) is 45.4 Å². The smallest absolute Gasteiger partial charge is 0.260 e. The number of fused-ring (bicyclic) bond motifs is 1. The van der Waals surface area contributed by atoms with E-state index in [1.165, 1.54) is 16.2 Å². The number of benzene rings is 1. The predicted molar refractivity (Wildman–Crippen MR) is 104 cm³/mol. The first-order chi connectivity index (χ1) is 12.5. The Labute approximate surface area is 159 Å². The number of thioether (sulfide) groups is 1. The maximum Gasteiger partial charge on any atom is 0.260 e. The van der Waals surface area contributed by atoms with Crippen LogP contribution < -0.4 is 5.56 Å². The Balaban J connectivity index is 1.66. The van der Waals surface area contributed by atoms with Gasteiger partial charge in [-0.2, -0.15) is 0 Å². The quantitative estimate of drug-likeness (QED) is 0.449. The number of nitrogens with one attached hydrogen (secondary N) is 1. The normalized spacial score (nSPS) is 11.3. The Kier molecular flexibility index (Phi) is 4.64. The molecule has 4 rings (SSSR count). The minimum Gasteiger partial charge on any atom is -0.309 e. The Morgan fingerprint density at radius 2 is 2.08 bits per heavy atom. The molecule has 0 fully saturated rings. The third-order valence-electron chi connectivity index (χ3n) is 3.76. The predicted octanol–water partition coefficient (Wildman–Crippen LogP) is 5.59. The van der Waals surface area contributed by atoms with E-state index >= 15 is 0 Å². The van der Waals surface area contributed by atoms with Gasteiger partial charge in [0.15, 0.2) is 0 Å². The van der Waals surface area contributed by atoms with Crippen molar-refractivity contribution in [1.29, 1.82) is 0 Å². The van der Waals surface area contributed by atoms with Gasteiger partial charge in [0.2, 0.25) is 0 Å². The summed E-state index contributed by atoms with van der Waals surface area (Å²) in [5.74, 6) is -0.310. The van der Waals surface area contributed by atoms with Gasteiger partial charge in [0.25, 0.3) is 5.56 Å². The first-order valence-corrected chi connectivity index (χ1v) is 10.3. The van der Waals surface area contributed by atoms with Crippen LogP contribution in [0.2, 0.25) is 0 Å². The molecule has 3 heterocycles. The Bertz CT molecular complexity index is 1160. The minimum atomic E-state index is -0.500. The summed E-state index contributed by atoms with van der Waals surface area (Å²) in [6.45, 7) is 2.02. The molecule has 0 aliphatic carbocycles. The molecule has 3 aromatic heterocycles. The molecule has 8 heteroatoms. The average Bonchev–Trinajstić information content (AvgIpc) is 3.22. The summed E-state index contributed by atoms with van der Waals surface area (Å²) in [5.41, 5.74) is 0.667. The second-order valence-corrected chi connectivity index (χ2v) is 8.78. The van der Waals surface area contributed by atoms with Crippen LogP contribution in [0.3, 0.4) is 0 Å². The molecule has 0 amide bonds. The molecule has 0 atom stereocenters. The SMILES string of the molecule is Cc1ccc(-c2csc3nc(CSc4cc(F)ccc4F)[nH]c(=O)c23)s1. The molecular weight excluding hydrogens is 394 g/mol. The lowest BCUT2D eigenvalue weighted by Gasteiger charge is -2.04. The third-order valence-corrected chi connectivity index (χ3v) is 6.70. The molecule has 0 saturated carbocycles. The summed E-state index contributed by atoms with van der Waals surface area (Å²) in [7, 11) is 0. The highest BCUT2D eigenvalue weighted by molar-refractivity contribution is 7.98. The van der Waals surface area contributed by atoms with Gasteiger partial charge in [-0.05, 0) is 37.3 Å². The van der Waals surface area contributed by atoms with Gasteiger partial charge in [-0.3, -0.25) is 4.79 Å². The average molecular weight is 407 g/mol. The van der Waals surface area contributed by atoms with Crippen LogP contribution in [-0.4, -0.2) is 9.97 Å². The molecule has 0 radical (unpaired) electrons. The van der Waals surface area contributed by atoms with Gasteiger partial charge in [0, 0.05) is 25.6 Å². The number of rotatable bonds is 4. The number of aromatic nitrogens is 2. The van der Waals surface area contributed by atoms with Crippen molar-refractivity contribution in [2.75, 3.05) is 0 Å². The highest BCUT2D eigenvalue weighted by Gasteiger charge is 2.14. The molecular formula is C18H12F2N2OS3. The molecule has 0 unspecified atom stereocenters. The fourth-order valence-electron chi connectivity index (χ4n) is 2.56. The highest BCUT2D eigenvalue weighted by atomic mass is 32.2. The van der Waals surface area contributed by atoms with E-state index in [0.717, 1.165) is 40.4 Å². The fraction of sp³-hybridized carbons (Fsp3) is 0.111. The van der Waals surface area contributed by atoms with Crippen LogP contribution >= 0.6 is 34.4 Å². The molecule has 0 aliphatic rings. The standard InChI is InChI=1S/C18H12F2N2OS3/c1-9-2-5-13(26-9)11-7-25-18-16(11)17(23)21-15(22-18)8-24-14-6-10(19)3-4-12(14)20/h2-7H,8H2,1H3,(H,21,22,23). The van der Waals surface area contributed by atoms with Crippen molar-refractivity contribution >= 4 is 44.7 Å². The lowest BCUT2D eigenvalue weighted by molar-refractivity contribution is 0.577. The number of nitrogens with zero attached hydrogens (tertiary/aromatic N) is 1. The van der Waals surface area contributed by atoms with Crippen molar-refractivity contribution in [2.24, 2.45) is 0 Å². The number of halogens is 2. The maximum absolute atomic E-state index is 13.7. The number of aryl methyl sites for hydroxylation is 1. The molecule has 0 aliphatic heterocycles. The summed E-state index contributed by atoms with van der Waals surface area (Å²) in [5, 5.41) is 2.50. The molecule has 132 valence electrons. The lowest BCUT2D eigenvalue weighted by atomic mass is 10.2. The zero-order chi connectivity index (χ0) is 18.3. The van der Waals surface area contributed by atoms with E-state index in [4.69, 9.17) is 0 Å². The van der Waals surface area contributed by atoms with E-state index in [9.17, 15) is 13.6 Å². The first kappa shape index (κ1) is 17.4. The van der Waals surface area contributed by atoms with E-state index in [2.05, 4.69) is 9.97 Å². The van der Waals surface area contributed by atoms with Crippen LogP contribution in [0.1, 0.15) is 10.7 Å². The van der Waals surface area contributed by atoms with Gasteiger partial charge in [0.05, 0.1) is 11.1 Å². The summed E-state index contributed by atoms with van der Waals surface area (Å²) < 4.78 is 27.0. The van der Waals surface area contributed by atoms with Gasteiger partial charge >= 0.3 is 0 Å². The minimum absolute atomic E-state index is 0.189. The molecule has 26 heavy (non-hydrogen) atoms. The van der Waals surface area contributed by atoms with E-state index in [1.807, 2.05) is 24.4 Å². The van der Waals surface area contributed by atoms with Crippen LogP contribution in [0.25, 0.3) is 20.7 Å². The van der Waals surface area contributed by atoms with Crippen LogP contribution in [0.4, 0.5) is 8.78 Å². The number of thiophene rings is 2. The van der Waals surface area contributed by atoms with Gasteiger partial charge in [-0.15, -0.1) is 34.4 Å². The van der Waals surface area contributed by atoms with E-state index in [-0.39, 0.29) is 16.2 Å². The zero-order valence-electron chi connectivity index (χ0n) is 13.5. The first-order valence-electron chi connectivity index (χ1n) is 7.66. The highest BCUT2D eigenvalue weighted by Crippen LogP contribution is 2.35. The Morgan fingerprint density at radius 1 is 1.23 bits per heavy atom. The molecule has 0 spiro atoms. The molecule has 1 aromatic carbocycles. The molecule has 4 aromatic rings. The monoisotopic (exact) mass is 406 g/mol. The van der Waals surface area contributed by atoms with Crippen LogP contribution in [0, 0.1) is 18.6 Å². The van der Waals surface area contributed by atoms with Gasteiger partial charge in [-0.25, -0.2) is 13.8 Å². The Hall–Kier alpha value is -2.03. The summed E-state index contributed by atoms with van der Waals surface area (Å²) in [6, 6.07) is 7.32. The Morgan fingerprint density at radius 3 is 2.85 bits per heavy atom. The maximum atomic E-state index is 13.7. The van der Waals surface area contributed by atoms with Gasteiger partial charge in [0.1, 0.15) is 22.3 Å². The molecule has 3 nitrogen and oxygen atoms in total. The van der Waals surface area contributed by atoms with Crippen molar-refractivity contribution in [2.45, 2.75) is 17.6 Å². The van der Waals surface area contributed by atoms with E-state index < -0.39 is 11.6 Å². The number of H-pyrrole nitrogens is 1. The molecule has 0 bridgehead atoms. The molecule has 0 saturated heterocycles. The van der Waals surface area contributed by atoms with Gasteiger partial charge < -0.3 is 4.98 Å². The second-order valence-electron chi connectivity index (χ2n) is 5.62. The fourth-order valence-corrected chi connectivity index (χ4v) is 5.31. The number of aromatic amines is 1. The molecule has 1 N–H and O–H groups in total. The summed E-state index contributed by atoms with van der Waals surface area (Å²) in [6.07, 6.45) is 0. The van der Waals surface area contributed by atoms with Crippen LogP contribution in [-0.2, 0) is 5.75 Å². The van der Waals surface area contributed by atoms with E-state index in [0.29, 0.717) is 16.0 Å².